The Morgan fingerprint density at radius 1 is 0.636 bits per heavy atom. The third kappa shape index (κ3) is 1.04. The summed E-state index contributed by atoms with van der Waals surface area (Å²) in [5, 5.41) is 26.3. The maximum absolute atomic E-state index is 4.39. The molecule has 0 aliphatic heterocycles. The van der Waals surface area contributed by atoms with Gasteiger partial charge in [-0.25, -0.2) is 0 Å². The van der Waals surface area contributed by atoms with E-state index in [4.69, 9.17) is 0 Å². The van der Waals surface area contributed by atoms with Crippen molar-refractivity contribution >= 4 is 54.1 Å². The molecule has 0 spiro atoms. The fourth-order valence-electron chi connectivity index (χ4n) is 3.75. The zero-order valence-corrected chi connectivity index (χ0v) is 11.4. The highest BCUT2D eigenvalue weighted by Gasteiger charge is 2.18. The molecule has 4 nitrogen and oxygen atoms in total. The lowest BCUT2D eigenvalue weighted by molar-refractivity contribution is 1.12. The van der Waals surface area contributed by atoms with E-state index in [1.807, 2.05) is 12.4 Å². The molecule has 0 amide bonds. The van der Waals surface area contributed by atoms with Crippen molar-refractivity contribution in [2.75, 3.05) is 0 Å². The van der Waals surface area contributed by atoms with Crippen LogP contribution in [0.15, 0.2) is 48.8 Å². The number of nitrogens with zero attached hydrogens (tertiary/aromatic N) is 4. The lowest BCUT2D eigenvalue weighted by atomic mass is 9.90. The Morgan fingerprint density at radius 2 is 1.50 bits per heavy atom. The van der Waals surface area contributed by atoms with Crippen molar-refractivity contribution in [2.24, 2.45) is 0 Å². The van der Waals surface area contributed by atoms with Gasteiger partial charge in [-0.3, -0.25) is 0 Å². The van der Waals surface area contributed by atoms with Crippen LogP contribution in [-0.4, -0.2) is 20.4 Å². The van der Waals surface area contributed by atoms with Crippen molar-refractivity contribution in [3.05, 3.63) is 48.8 Å². The van der Waals surface area contributed by atoms with E-state index in [0.29, 0.717) is 0 Å². The number of hydrogen-bond acceptors (Lipinski definition) is 4. The summed E-state index contributed by atoms with van der Waals surface area (Å²) in [5.74, 6) is 0. The van der Waals surface area contributed by atoms with Crippen molar-refractivity contribution < 1.29 is 0 Å². The highest BCUT2D eigenvalue weighted by Crippen LogP contribution is 2.42. The minimum atomic E-state index is 0.912. The molecule has 0 aliphatic rings. The van der Waals surface area contributed by atoms with E-state index in [1.54, 1.807) is 0 Å². The summed E-state index contributed by atoms with van der Waals surface area (Å²) in [6.45, 7) is 0. The first-order chi connectivity index (χ1) is 10.9. The number of aromatic nitrogens is 4. The number of fused-ring (bicyclic) bond motifs is 5. The third-order valence-corrected chi connectivity index (χ3v) is 4.64. The van der Waals surface area contributed by atoms with Crippen molar-refractivity contribution in [3.8, 4) is 0 Å². The predicted molar refractivity (Wildman–Crippen MR) is 87.5 cm³/mol. The summed E-state index contributed by atoms with van der Waals surface area (Å²) >= 11 is 0. The summed E-state index contributed by atoms with van der Waals surface area (Å²) in [6, 6.07) is 12.8. The molecule has 0 N–H and O–H groups in total. The first kappa shape index (κ1) is 10.6. The van der Waals surface area contributed by atoms with E-state index in [0.717, 1.165) is 27.2 Å². The van der Waals surface area contributed by atoms with Crippen LogP contribution >= 0.6 is 0 Å². The minimum absolute atomic E-state index is 0.912. The van der Waals surface area contributed by atoms with Crippen LogP contribution in [0.25, 0.3) is 54.1 Å². The van der Waals surface area contributed by atoms with E-state index in [1.165, 1.54) is 26.9 Å². The second-order valence-corrected chi connectivity index (χ2v) is 5.70. The Hall–Kier alpha value is -3.14. The SMILES string of the molecule is c1cc2ccc3cc4nncc4c4c5nncc5c(c1)c2c34. The average molecular weight is 280 g/mol. The summed E-state index contributed by atoms with van der Waals surface area (Å²) in [7, 11) is 0. The molecule has 100 valence electrons. The van der Waals surface area contributed by atoms with Gasteiger partial charge in [0.2, 0.25) is 0 Å². The van der Waals surface area contributed by atoms with Gasteiger partial charge in [-0.2, -0.15) is 15.3 Å². The molecule has 0 bridgehead atoms. The van der Waals surface area contributed by atoms with Crippen LogP contribution in [0, 0.1) is 0 Å². The smallest absolute Gasteiger partial charge is 0.104 e. The molecule has 0 fully saturated rings. The average Bonchev–Trinajstić information content (AvgIpc) is 3.21. The second-order valence-electron chi connectivity index (χ2n) is 5.70. The first-order valence-electron chi connectivity index (χ1n) is 7.17. The highest BCUT2D eigenvalue weighted by atomic mass is 15.1. The van der Waals surface area contributed by atoms with Gasteiger partial charge in [0.25, 0.3) is 0 Å². The number of benzene rings is 4. The fourth-order valence-corrected chi connectivity index (χ4v) is 3.75. The third-order valence-electron chi connectivity index (χ3n) is 4.64. The molecule has 0 saturated heterocycles. The molecular weight excluding hydrogens is 272 g/mol. The second kappa shape index (κ2) is 3.36. The maximum atomic E-state index is 4.39. The van der Waals surface area contributed by atoms with Crippen molar-refractivity contribution in [1.29, 1.82) is 0 Å². The van der Waals surface area contributed by atoms with Gasteiger partial charge in [-0.05, 0) is 27.6 Å². The Balaban J connectivity index is 2.19. The molecule has 6 rings (SSSR count). The van der Waals surface area contributed by atoms with Crippen LogP contribution in [0.5, 0.6) is 0 Å². The van der Waals surface area contributed by atoms with Crippen molar-refractivity contribution in [1.82, 2.24) is 20.4 Å². The van der Waals surface area contributed by atoms with E-state index in [-0.39, 0.29) is 0 Å². The molecule has 0 unspecified atom stereocenters. The van der Waals surface area contributed by atoms with Gasteiger partial charge in [-0.15, -0.1) is 5.10 Å². The molecule has 0 aliphatic carbocycles. The molecule has 2 heterocycles. The Bertz CT molecular complexity index is 1320. The van der Waals surface area contributed by atoms with Gasteiger partial charge in [-0.1, -0.05) is 30.3 Å². The Kier molecular flexibility index (Phi) is 1.61. The first-order valence-corrected chi connectivity index (χ1v) is 7.17. The quantitative estimate of drug-likeness (QED) is 0.396. The van der Waals surface area contributed by atoms with Crippen LogP contribution in [0.1, 0.15) is 0 Å². The predicted octanol–water partition coefficient (Wildman–Crippen LogP) is 3.91. The van der Waals surface area contributed by atoms with Crippen molar-refractivity contribution in [2.45, 2.75) is 0 Å². The molecule has 0 radical (unpaired) electrons. The molecule has 4 aromatic carbocycles. The zero-order chi connectivity index (χ0) is 14.3. The van der Waals surface area contributed by atoms with Crippen LogP contribution in [0.3, 0.4) is 0 Å². The van der Waals surface area contributed by atoms with E-state index < -0.39 is 0 Å². The van der Waals surface area contributed by atoms with E-state index >= 15 is 0 Å². The van der Waals surface area contributed by atoms with Crippen LogP contribution in [0.4, 0.5) is 0 Å². The summed E-state index contributed by atoms with van der Waals surface area (Å²) in [6.07, 6.45) is 3.68. The molecular formula is C18H8N4. The van der Waals surface area contributed by atoms with Gasteiger partial charge >= 0.3 is 0 Å². The lowest BCUT2D eigenvalue weighted by Gasteiger charge is -2.12. The zero-order valence-electron chi connectivity index (χ0n) is 11.4. The van der Waals surface area contributed by atoms with Gasteiger partial charge < -0.3 is 0 Å². The van der Waals surface area contributed by atoms with Gasteiger partial charge in [0.15, 0.2) is 0 Å². The van der Waals surface area contributed by atoms with Gasteiger partial charge in [0.1, 0.15) is 5.52 Å². The summed E-state index contributed by atoms with van der Waals surface area (Å²) < 4.78 is 0. The summed E-state index contributed by atoms with van der Waals surface area (Å²) in [5.41, 5.74) is 1.85. The molecule has 0 saturated carbocycles. The summed E-state index contributed by atoms with van der Waals surface area (Å²) in [4.78, 5) is 0. The lowest BCUT2D eigenvalue weighted by Crippen LogP contribution is -1.86. The largest absolute Gasteiger partial charge is 0.158 e. The maximum Gasteiger partial charge on any atom is 0.104 e. The monoisotopic (exact) mass is 280 g/mol. The number of hydrogen-bond donors (Lipinski definition) is 0. The van der Waals surface area contributed by atoms with E-state index in [9.17, 15) is 0 Å². The fraction of sp³-hybridized carbons (Fsp3) is 0. The standard InChI is InChI=1S/C18H8N4/c1-2-9-4-5-10-6-14-13(8-19-21-14)17-16(10)15(9)11(3-1)12-7-20-22-18(12)17/h1-8H. The highest BCUT2D eigenvalue weighted by molar-refractivity contribution is 6.37. The molecule has 6 aromatic rings. The van der Waals surface area contributed by atoms with Crippen LogP contribution < -0.4 is 0 Å². The van der Waals surface area contributed by atoms with Gasteiger partial charge in [0.05, 0.1) is 17.9 Å². The van der Waals surface area contributed by atoms with E-state index in [2.05, 4.69) is 56.8 Å². The Morgan fingerprint density at radius 3 is 2.50 bits per heavy atom. The molecule has 22 heavy (non-hydrogen) atoms. The molecule has 0 atom stereocenters. The topological polar surface area (TPSA) is 51.6 Å². The van der Waals surface area contributed by atoms with Gasteiger partial charge in [0, 0.05) is 21.5 Å². The van der Waals surface area contributed by atoms with Crippen LogP contribution in [-0.2, 0) is 0 Å². The normalized spacial score (nSPS) is 12.5. The van der Waals surface area contributed by atoms with Crippen molar-refractivity contribution in [3.63, 3.8) is 0 Å². The molecule has 4 heteroatoms. The minimum Gasteiger partial charge on any atom is -0.158 e. The Labute approximate surface area is 124 Å². The number of rotatable bonds is 0. The van der Waals surface area contributed by atoms with Crippen LogP contribution in [0.2, 0.25) is 0 Å². The molecule has 2 aromatic heterocycles.